The Labute approximate surface area is 200 Å². The molecule has 0 amide bonds. The predicted octanol–water partition coefficient (Wildman–Crippen LogP) is 0.262. The van der Waals surface area contributed by atoms with E-state index in [-0.39, 0.29) is 18.8 Å². The molecule has 1 saturated heterocycles. The normalized spacial score (nSPS) is 18.3. The van der Waals surface area contributed by atoms with Gasteiger partial charge in [-0.15, -0.1) is 0 Å². The van der Waals surface area contributed by atoms with Gasteiger partial charge >= 0.3 is 11.9 Å². The summed E-state index contributed by atoms with van der Waals surface area (Å²) in [6.07, 6.45) is 0. The standard InChI is InChI=1S/C22H36N4O8/c1-31-33-17-25-11-9-23(15-19-3-5-20(6-4-19)22(29)30)7-8-24(16-21(27)28)10-12-26(14-13-25)18-34-32-2/h3-6H,7-18H2,1-2H3,(H,27,28)(H,29,30). The Balaban J connectivity index is 2.12. The molecule has 0 aliphatic carbocycles. The van der Waals surface area contributed by atoms with Crippen molar-refractivity contribution in [2.75, 3.05) is 86.6 Å². The highest BCUT2D eigenvalue weighted by atomic mass is 17.2. The fourth-order valence-corrected chi connectivity index (χ4v) is 3.61. The molecule has 1 aliphatic rings. The van der Waals surface area contributed by atoms with Crippen molar-refractivity contribution in [3.63, 3.8) is 0 Å². The molecule has 34 heavy (non-hydrogen) atoms. The minimum Gasteiger partial charge on any atom is -0.480 e. The van der Waals surface area contributed by atoms with E-state index in [1.54, 1.807) is 12.1 Å². The fraction of sp³-hybridized carbons (Fsp3) is 0.636. The third-order valence-corrected chi connectivity index (χ3v) is 5.60. The van der Waals surface area contributed by atoms with Crippen molar-refractivity contribution in [3.05, 3.63) is 35.4 Å². The number of aromatic carboxylic acids is 1. The SMILES string of the molecule is COOCN1CCN(COOC)CCN(Cc2ccc(C(=O)O)cc2)CCN(CC(=O)O)CC1. The van der Waals surface area contributed by atoms with Gasteiger partial charge in [-0.3, -0.25) is 24.4 Å². The minimum atomic E-state index is -0.957. The van der Waals surface area contributed by atoms with Crippen molar-refractivity contribution in [2.24, 2.45) is 0 Å². The Bertz CT molecular complexity index is 736. The highest BCUT2D eigenvalue weighted by molar-refractivity contribution is 5.87. The van der Waals surface area contributed by atoms with Crippen LogP contribution in [0.25, 0.3) is 0 Å². The maximum absolute atomic E-state index is 11.4. The Morgan fingerprint density at radius 2 is 1.18 bits per heavy atom. The summed E-state index contributed by atoms with van der Waals surface area (Å²) in [4.78, 5) is 50.7. The molecule has 2 N–H and O–H groups in total. The summed E-state index contributed by atoms with van der Waals surface area (Å²) >= 11 is 0. The minimum absolute atomic E-state index is 0.0477. The van der Waals surface area contributed by atoms with E-state index in [1.165, 1.54) is 14.2 Å². The van der Waals surface area contributed by atoms with Crippen LogP contribution < -0.4 is 0 Å². The first-order valence-corrected chi connectivity index (χ1v) is 11.2. The third-order valence-electron chi connectivity index (χ3n) is 5.60. The van der Waals surface area contributed by atoms with E-state index in [1.807, 2.05) is 17.0 Å². The van der Waals surface area contributed by atoms with Gasteiger partial charge in [0.2, 0.25) is 0 Å². The molecule has 2 rings (SSSR count). The van der Waals surface area contributed by atoms with Crippen LogP contribution in [-0.4, -0.2) is 128 Å². The highest BCUT2D eigenvalue weighted by Crippen LogP contribution is 2.09. The van der Waals surface area contributed by atoms with Crippen LogP contribution in [0.4, 0.5) is 0 Å². The molecule has 1 aromatic carbocycles. The monoisotopic (exact) mass is 484 g/mol. The van der Waals surface area contributed by atoms with E-state index >= 15 is 0 Å². The molecule has 1 aromatic rings. The number of benzene rings is 1. The lowest BCUT2D eigenvalue weighted by Gasteiger charge is -2.33. The van der Waals surface area contributed by atoms with Crippen molar-refractivity contribution >= 4 is 11.9 Å². The highest BCUT2D eigenvalue weighted by Gasteiger charge is 2.18. The number of rotatable bonds is 11. The summed E-state index contributed by atoms with van der Waals surface area (Å²) in [5.74, 6) is -1.83. The Morgan fingerprint density at radius 3 is 1.59 bits per heavy atom. The summed E-state index contributed by atoms with van der Waals surface area (Å²) in [7, 11) is 2.93. The predicted molar refractivity (Wildman–Crippen MR) is 122 cm³/mol. The van der Waals surface area contributed by atoms with E-state index in [9.17, 15) is 14.7 Å². The summed E-state index contributed by atoms with van der Waals surface area (Å²) in [5, 5.41) is 18.5. The number of carboxylic acids is 2. The largest absolute Gasteiger partial charge is 0.480 e. The van der Waals surface area contributed by atoms with Crippen LogP contribution in [0.3, 0.4) is 0 Å². The first-order valence-electron chi connectivity index (χ1n) is 11.2. The second kappa shape index (κ2) is 15.7. The molecule has 0 bridgehead atoms. The Kier molecular flexibility index (Phi) is 13.0. The number of hydrogen-bond acceptors (Lipinski definition) is 10. The number of nitrogens with zero attached hydrogens (tertiary/aromatic N) is 4. The van der Waals surface area contributed by atoms with Crippen molar-refractivity contribution < 1.29 is 39.4 Å². The summed E-state index contributed by atoms with van der Waals surface area (Å²) in [6.45, 7) is 6.34. The van der Waals surface area contributed by atoms with Crippen LogP contribution in [0.5, 0.6) is 0 Å². The van der Waals surface area contributed by atoms with Gasteiger partial charge in [0.1, 0.15) is 13.5 Å². The van der Waals surface area contributed by atoms with Crippen LogP contribution >= 0.6 is 0 Å². The maximum Gasteiger partial charge on any atom is 0.335 e. The lowest BCUT2D eigenvalue weighted by molar-refractivity contribution is -0.300. The molecule has 12 heteroatoms. The van der Waals surface area contributed by atoms with Crippen molar-refractivity contribution in [1.82, 2.24) is 19.6 Å². The van der Waals surface area contributed by atoms with Gasteiger partial charge in [-0.05, 0) is 17.7 Å². The molecular formula is C22H36N4O8. The van der Waals surface area contributed by atoms with Crippen LogP contribution in [0.2, 0.25) is 0 Å². The Hall–Kier alpha value is -2.16. The molecule has 0 radical (unpaired) electrons. The van der Waals surface area contributed by atoms with Gasteiger partial charge < -0.3 is 10.2 Å². The maximum atomic E-state index is 11.4. The zero-order valence-electron chi connectivity index (χ0n) is 19.9. The second-order valence-corrected chi connectivity index (χ2v) is 8.01. The molecule has 0 spiro atoms. The van der Waals surface area contributed by atoms with Gasteiger partial charge in [0.25, 0.3) is 0 Å². The van der Waals surface area contributed by atoms with Crippen molar-refractivity contribution in [1.29, 1.82) is 0 Å². The van der Waals surface area contributed by atoms with Crippen molar-refractivity contribution in [3.8, 4) is 0 Å². The van der Waals surface area contributed by atoms with Crippen LogP contribution in [0, 0.1) is 0 Å². The van der Waals surface area contributed by atoms with E-state index < -0.39 is 11.9 Å². The van der Waals surface area contributed by atoms with Crippen LogP contribution in [0.15, 0.2) is 24.3 Å². The number of hydrogen-bond donors (Lipinski definition) is 2. The summed E-state index contributed by atoms with van der Waals surface area (Å²) in [5.41, 5.74) is 1.24. The van der Waals surface area contributed by atoms with Gasteiger partial charge in [-0.25, -0.2) is 24.3 Å². The first-order chi connectivity index (χ1) is 16.4. The number of carboxylic acid groups (broad SMARTS) is 2. The molecule has 0 unspecified atom stereocenters. The fourth-order valence-electron chi connectivity index (χ4n) is 3.61. The first kappa shape index (κ1) is 28.1. The van der Waals surface area contributed by atoms with E-state index in [2.05, 4.69) is 14.7 Å². The van der Waals surface area contributed by atoms with E-state index in [0.717, 1.165) is 5.56 Å². The lowest BCUT2D eigenvalue weighted by atomic mass is 10.1. The summed E-state index contributed by atoms with van der Waals surface area (Å²) in [6, 6.07) is 6.82. The average molecular weight is 485 g/mol. The average Bonchev–Trinajstić information content (AvgIpc) is 2.81. The van der Waals surface area contributed by atoms with Gasteiger partial charge in [0.05, 0.1) is 26.3 Å². The van der Waals surface area contributed by atoms with Crippen molar-refractivity contribution in [2.45, 2.75) is 6.54 Å². The number of carbonyl (C=O) groups is 2. The molecular weight excluding hydrogens is 448 g/mol. The Morgan fingerprint density at radius 1 is 0.735 bits per heavy atom. The molecule has 0 aromatic heterocycles. The van der Waals surface area contributed by atoms with E-state index in [4.69, 9.17) is 24.7 Å². The van der Waals surface area contributed by atoms with Gasteiger partial charge in [0, 0.05) is 58.9 Å². The zero-order chi connectivity index (χ0) is 24.8. The molecule has 192 valence electrons. The van der Waals surface area contributed by atoms with Gasteiger partial charge in [-0.2, -0.15) is 0 Å². The topological polar surface area (TPSA) is 124 Å². The smallest absolute Gasteiger partial charge is 0.335 e. The van der Waals surface area contributed by atoms with Crippen LogP contribution in [-0.2, 0) is 30.9 Å². The summed E-state index contributed by atoms with van der Waals surface area (Å²) < 4.78 is 0. The molecule has 1 fully saturated rings. The molecule has 12 nitrogen and oxygen atoms in total. The third kappa shape index (κ3) is 10.8. The van der Waals surface area contributed by atoms with Gasteiger partial charge in [0.15, 0.2) is 0 Å². The molecule has 0 atom stereocenters. The van der Waals surface area contributed by atoms with Gasteiger partial charge in [-0.1, -0.05) is 12.1 Å². The molecule has 0 saturated carbocycles. The molecule has 1 aliphatic heterocycles. The quantitative estimate of drug-likeness (QED) is 0.331. The van der Waals surface area contributed by atoms with Crippen LogP contribution in [0.1, 0.15) is 15.9 Å². The van der Waals surface area contributed by atoms with E-state index in [0.29, 0.717) is 65.6 Å². The zero-order valence-corrected chi connectivity index (χ0v) is 19.9. The lowest BCUT2D eigenvalue weighted by Crippen LogP contribution is -2.47. The number of aliphatic carboxylic acids is 1. The second-order valence-electron chi connectivity index (χ2n) is 8.01. The molecule has 1 heterocycles.